The molecule has 1 aliphatic rings. The van der Waals surface area contributed by atoms with Crippen molar-refractivity contribution in [3.05, 3.63) is 65.2 Å². The van der Waals surface area contributed by atoms with Crippen LogP contribution >= 0.6 is 0 Å². The number of aliphatic imine (C=N–C) groups is 1. The number of benzene rings is 2. The van der Waals surface area contributed by atoms with Gasteiger partial charge in [-0.25, -0.2) is 8.42 Å². The normalized spacial score (nSPS) is 18.5. The second kappa shape index (κ2) is 8.45. The van der Waals surface area contributed by atoms with Crippen LogP contribution < -0.4 is 15.4 Å². The summed E-state index contributed by atoms with van der Waals surface area (Å²) in [6, 6.07) is 15.8. The summed E-state index contributed by atoms with van der Waals surface area (Å²) in [7, 11) is -1.27. The van der Waals surface area contributed by atoms with Crippen molar-refractivity contribution in [3.63, 3.8) is 0 Å². The molecule has 0 saturated carbocycles. The van der Waals surface area contributed by atoms with Crippen molar-refractivity contribution in [2.75, 3.05) is 13.3 Å². The first-order valence-electron chi connectivity index (χ1n) is 9.66. The SMILES string of the molecule is CN=C(NCc1ccc(CS(C)(=O)=O)cc1)NC1CC(C)(C)Oc2ccccc21. The van der Waals surface area contributed by atoms with E-state index < -0.39 is 9.84 Å². The van der Waals surface area contributed by atoms with Crippen LogP contribution in [0.1, 0.15) is 43.0 Å². The van der Waals surface area contributed by atoms with E-state index in [4.69, 9.17) is 4.74 Å². The van der Waals surface area contributed by atoms with Crippen LogP contribution in [0.4, 0.5) is 0 Å². The van der Waals surface area contributed by atoms with E-state index in [9.17, 15) is 8.42 Å². The maximum Gasteiger partial charge on any atom is 0.191 e. The predicted octanol–water partition coefficient (Wildman–Crippen LogP) is 3.20. The Kier molecular flexibility index (Phi) is 6.17. The van der Waals surface area contributed by atoms with Gasteiger partial charge in [-0.05, 0) is 31.0 Å². The number of guanidine groups is 1. The number of nitrogens with one attached hydrogen (secondary N) is 2. The fourth-order valence-electron chi connectivity index (χ4n) is 3.53. The Bertz CT molecular complexity index is 983. The third-order valence-corrected chi connectivity index (χ3v) is 5.68. The molecule has 2 aromatic rings. The Labute approximate surface area is 173 Å². The number of para-hydroxylation sites is 1. The van der Waals surface area contributed by atoms with E-state index in [2.05, 4.69) is 35.5 Å². The molecule has 0 spiro atoms. The zero-order chi connectivity index (χ0) is 21.1. The summed E-state index contributed by atoms with van der Waals surface area (Å²) in [6.45, 7) is 4.77. The fourth-order valence-corrected chi connectivity index (χ4v) is 4.33. The van der Waals surface area contributed by atoms with Gasteiger partial charge in [0.15, 0.2) is 15.8 Å². The zero-order valence-electron chi connectivity index (χ0n) is 17.4. The van der Waals surface area contributed by atoms with Crippen LogP contribution in [0.2, 0.25) is 0 Å². The molecule has 6 nitrogen and oxygen atoms in total. The van der Waals surface area contributed by atoms with Crippen molar-refractivity contribution in [2.45, 2.75) is 44.2 Å². The Morgan fingerprint density at radius 3 is 2.45 bits per heavy atom. The lowest BCUT2D eigenvalue weighted by molar-refractivity contribution is 0.0694. The number of ether oxygens (including phenoxy) is 1. The molecule has 29 heavy (non-hydrogen) atoms. The minimum Gasteiger partial charge on any atom is -0.487 e. The fraction of sp³-hybridized carbons (Fsp3) is 0.409. The molecule has 1 aliphatic heterocycles. The number of nitrogens with zero attached hydrogens (tertiary/aromatic N) is 1. The first kappa shape index (κ1) is 21.2. The van der Waals surface area contributed by atoms with Gasteiger partial charge < -0.3 is 15.4 Å². The smallest absolute Gasteiger partial charge is 0.191 e. The molecule has 0 radical (unpaired) electrons. The molecular weight excluding hydrogens is 386 g/mol. The van der Waals surface area contributed by atoms with Crippen molar-refractivity contribution in [2.24, 2.45) is 4.99 Å². The summed E-state index contributed by atoms with van der Waals surface area (Å²) >= 11 is 0. The van der Waals surface area contributed by atoms with E-state index in [1.807, 2.05) is 42.5 Å². The van der Waals surface area contributed by atoms with Gasteiger partial charge in [-0.1, -0.05) is 42.5 Å². The molecule has 2 N–H and O–H groups in total. The lowest BCUT2D eigenvalue weighted by Crippen LogP contribution is -2.45. The summed E-state index contributed by atoms with van der Waals surface area (Å²) in [5.74, 6) is 1.67. The van der Waals surface area contributed by atoms with Crippen LogP contribution in [0.15, 0.2) is 53.5 Å². The van der Waals surface area contributed by atoms with Gasteiger partial charge in [0.05, 0.1) is 11.8 Å². The van der Waals surface area contributed by atoms with Gasteiger partial charge in [0, 0.05) is 31.8 Å². The molecule has 1 unspecified atom stereocenters. The van der Waals surface area contributed by atoms with Gasteiger partial charge in [0.1, 0.15) is 11.4 Å². The number of fused-ring (bicyclic) bond motifs is 1. The maximum atomic E-state index is 11.4. The molecule has 0 aliphatic carbocycles. The van der Waals surface area contributed by atoms with Crippen molar-refractivity contribution in [1.82, 2.24) is 10.6 Å². The van der Waals surface area contributed by atoms with Crippen molar-refractivity contribution >= 4 is 15.8 Å². The first-order chi connectivity index (χ1) is 13.6. The monoisotopic (exact) mass is 415 g/mol. The van der Waals surface area contributed by atoms with E-state index in [1.54, 1.807) is 7.05 Å². The van der Waals surface area contributed by atoms with Gasteiger partial charge in [-0.15, -0.1) is 0 Å². The summed E-state index contributed by atoms with van der Waals surface area (Å²) in [5, 5.41) is 6.85. The molecule has 0 saturated heterocycles. The predicted molar refractivity (Wildman–Crippen MR) is 117 cm³/mol. The van der Waals surface area contributed by atoms with E-state index in [1.165, 1.54) is 6.26 Å². The maximum absolute atomic E-state index is 11.4. The molecule has 1 atom stereocenters. The van der Waals surface area contributed by atoms with Crippen LogP contribution in [-0.4, -0.2) is 33.3 Å². The minimum atomic E-state index is -3.03. The lowest BCUT2D eigenvalue weighted by Gasteiger charge is -2.38. The number of hydrogen-bond acceptors (Lipinski definition) is 4. The largest absolute Gasteiger partial charge is 0.487 e. The van der Waals surface area contributed by atoms with Gasteiger partial charge >= 0.3 is 0 Å². The summed E-state index contributed by atoms with van der Waals surface area (Å²) in [5.41, 5.74) is 2.71. The average Bonchev–Trinajstić information content (AvgIpc) is 2.64. The minimum absolute atomic E-state index is 0.0584. The summed E-state index contributed by atoms with van der Waals surface area (Å²) in [6.07, 6.45) is 2.07. The zero-order valence-corrected chi connectivity index (χ0v) is 18.2. The van der Waals surface area contributed by atoms with Crippen LogP contribution in [0.3, 0.4) is 0 Å². The van der Waals surface area contributed by atoms with E-state index in [0.717, 1.165) is 28.9 Å². The number of rotatable bonds is 5. The van der Waals surface area contributed by atoms with Crippen molar-refractivity contribution in [3.8, 4) is 5.75 Å². The summed E-state index contributed by atoms with van der Waals surface area (Å²) in [4.78, 5) is 4.36. The van der Waals surface area contributed by atoms with Gasteiger partial charge in [0.2, 0.25) is 0 Å². The second-order valence-corrected chi connectivity index (χ2v) is 10.3. The standard InChI is InChI=1S/C22H29N3O3S/c1-22(2)13-19(18-7-5-6-8-20(18)28-22)25-21(23-3)24-14-16-9-11-17(12-10-16)15-29(4,26)27/h5-12,19H,13-15H2,1-4H3,(H2,23,24,25). The second-order valence-electron chi connectivity index (χ2n) is 8.11. The van der Waals surface area contributed by atoms with E-state index >= 15 is 0 Å². The Morgan fingerprint density at radius 2 is 1.79 bits per heavy atom. The first-order valence-corrected chi connectivity index (χ1v) is 11.7. The number of hydrogen-bond donors (Lipinski definition) is 2. The molecule has 3 rings (SSSR count). The van der Waals surface area contributed by atoms with Gasteiger partial charge in [-0.2, -0.15) is 0 Å². The van der Waals surface area contributed by atoms with Crippen LogP contribution in [0.25, 0.3) is 0 Å². The third-order valence-electron chi connectivity index (χ3n) is 4.82. The Morgan fingerprint density at radius 1 is 1.14 bits per heavy atom. The molecule has 0 amide bonds. The highest BCUT2D eigenvalue weighted by Gasteiger charge is 2.33. The van der Waals surface area contributed by atoms with Crippen molar-refractivity contribution < 1.29 is 13.2 Å². The Hall–Kier alpha value is -2.54. The molecule has 0 aromatic heterocycles. The molecule has 7 heteroatoms. The third kappa shape index (κ3) is 5.97. The van der Waals surface area contributed by atoms with Gasteiger partial charge in [-0.3, -0.25) is 4.99 Å². The van der Waals surface area contributed by atoms with Crippen LogP contribution in [0.5, 0.6) is 5.75 Å². The topological polar surface area (TPSA) is 79.8 Å². The quantitative estimate of drug-likeness (QED) is 0.579. The molecule has 156 valence electrons. The Balaban J connectivity index is 1.64. The average molecular weight is 416 g/mol. The van der Waals surface area contributed by atoms with E-state index in [-0.39, 0.29) is 17.4 Å². The summed E-state index contributed by atoms with van der Waals surface area (Å²) < 4.78 is 28.9. The molecule has 2 aromatic carbocycles. The molecule has 0 bridgehead atoms. The van der Waals surface area contributed by atoms with E-state index in [0.29, 0.717) is 12.5 Å². The molecular formula is C22H29N3O3S. The van der Waals surface area contributed by atoms with Gasteiger partial charge in [0.25, 0.3) is 0 Å². The highest BCUT2D eigenvalue weighted by Crippen LogP contribution is 2.39. The number of sulfone groups is 1. The van der Waals surface area contributed by atoms with Crippen molar-refractivity contribution in [1.29, 1.82) is 0 Å². The highest BCUT2D eigenvalue weighted by atomic mass is 32.2. The highest BCUT2D eigenvalue weighted by molar-refractivity contribution is 7.89. The molecule has 0 fully saturated rings. The lowest BCUT2D eigenvalue weighted by atomic mass is 9.90. The van der Waals surface area contributed by atoms with Crippen LogP contribution in [0, 0.1) is 0 Å². The molecule has 1 heterocycles. The van der Waals surface area contributed by atoms with Crippen LogP contribution in [-0.2, 0) is 22.1 Å².